The zero-order valence-corrected chi connectivity index (χ0v) is 59.8. The molecular formula is C72H104O31. The minimum absolute atomic E-state index is 0.0588. The van der Waals surface area contributed by atoms with Crippen molar-refractivity contribution in [1.29, 1.82) is 0 Å². The molecule has 5 aliphatic heterocycles. The lowest BCUT2D eigenvalue weighted by molar-refractivity contribution is -0.391. The second-order valence-electron chi connectivity index (χ2n) is 31.7. The molecular weight excluding hydrogens is 1360 g/mol. The second kappa shape index (κ2) is 30.3. The van der Waals surface area contributed by atoms with E-state index in [0.717, 1.165) is 32.0 Å². The van der Waals surface area contributed by atoms with Gasteiger partial charge in [-0.05, 0) is 135 Å². The Morgan fingerprint density at radius 3 is 1.87 bits per heavy atom. The van der Waals surface area contributed by atoms with Gasteiger partial charge < -0.3 is 132 Å². The number of esters is 4. The number of hydrogen-bond acceptors (Lipinski definition) is 31. The summed E-state index contributed by atoms with van der Waals surface area (Å²) in [5.74, 6) is -4.55. The first-order valence-corrected chi connectivity index (χ1v) is 35.6. The molecule has 0 radical (unpaired) electrons. The van der Waals surface area contributed by atoms with Crippen LogP contribution in [0.1, 0.15) is 126 Å². The zero-order valence-electron chi connectivity index (χ0n) is 59.8. The van der Waals surface area contributed by atoms with Gasteiger partial charge in [0, 0.05) is 13.0 Å². The highest BCUT2D eigenvalue weighted by Crippen LogP contribution is 2.76. The van der Waals surface area contributed by atoms with Crippen LogP contribution in [0.25, 0.3) is 6.08 Å². The van der Waals surface area contributed by atoms with Crippen molar-refractivity contribution in [2.24, 2.45) is 50.2 Å². The molecule has 10 aliphatic rings. The molecule has 578 valence electrons. The Kier molecular flexibility index (Phi) is 23.3. The maximum absolute atomic E-state index is 16.0. The van der Waals surface area contributed by atoms with Crippen LogP contribution in [0, 0.1) is 50.2 Å². The molecule has 5 saturated heterocycles. The largest absolute Gasteiger partial charge is 0.497 e. The number of aldehydes is 1. The van der Waals surface area contributed by atoms with Crippen molar-refractivity contribution in [2.45, 2.75) is 280 Å². The monoisotopic (exact) mass is 1460 g/mol. The highest BCUT2D eigenvalue weighted by atomic mass is 16.8. The fourth-order valence-electron chi connectivity index (χ4n) is 19.1. The number of carbonyl (C=O) groups excluding carboxylic acids is 5. The third kappa shape index (κ3) is 14.2. The summed E-state index contributed by atoms with van der Waals surface area (Å²) >= 11 is 0. The van der Waals surface area contributed by atoms with Gasteiger partial charge in [0.15, 0.2) is 49.6 Å². The van der Waals surface area contributed by atoms with Gasteiger partial charge in [-0.15, -0.1) is 0 Å². The standard InChI is InChI=1S/C72H104O31/c1-31-45(79)48(82)51(85)62(93-31)102-59-57(95-33(3)75)54(98-44(78)19-14-34-12-15-35(90-10)16-13-34)32(2)94-64(59)103-66(89)72-25-24-67(4,5)26-37(72)36-17-18-41-68(6)22-21-43(69(7,30-74)40(68)20-23-70(41,8)71(36,9)27-42(72)77)97-65-58(101-63-52(86)49(83)47(81)39(28-73)96-63)55(53(87)56(100-65)60(88)91-11)99-61-50(84)46(80)38(76)29-92-61/h12-17,19,30-32,37-43,45-59,61-65,73,76-77,79-87H,18,20-29H2,1-11H3/t31-,32-,37+,38+,39+,40+,41-,42-,43-,45-,46+,47+,48-,49-,50-,51-,52+,53-,54-,55+,56+,57+,58-,59+,61+,62+,63-,64+,65-,68+,69+,70+,71-,72+/m1/s1. The molecule has 9 fully saturated rings. The highest BCUT2D eigenvalue weighted by Gasteiger charge is 2.73. The number of methoxy groups -OCH3 is 2. The Hall–Kier alpha value is -4.79. The van der Waals surface area contributed by atoms with E-state index in [1.165, 1.54) is 27.0 Å². The van der Waals surface area contributed by atoms with Crippen LogP contribution >= 0.6 is 0 Å². The van der Waals surface area contributed by atoms with Gasteiger partial charge in [-0.1, -0.05) is 65.3 Å². The van der Waals surface area contributed by atoms with Crippen LogP contribution in [0.15, 0.2) is 42.0 Å². The summed E-state index contributed by atoms with van der Waals surface area (Å²) in [5, 5.41) is 134. The molecule has 0 bridgehead atoms. The fraction of sp³-hybridized carbons (Fsp3) is 0.792. The smallest absolute Gasteiger partial charge is 0.337 e. The molecule has 4 saturated carbocycles. The number of benzene rings is 1. The van der Waals surface area contributed by atoms with Gasteiger partial charge in [-0.3, -0.25) is 9.59 Å². The first-order chi connectivity index (χ1) is 48.5. The molecule has 34 atom stereocenters. The highest BCUT2D eigenvalue weighted by molar-refractivity contribution is 5.87. The first-order valence-electron chi connectivity index (χ1n) is 35.6. The van der Waals surface area contributed by atoms with Gasteiger partial charge in [0.25, 0.3) is 0 Å². The van der Waals surface area contributed by atoms with Crippen molar-refractivity contribution in [2.75, 3.05) is 27.4 Å². The summed E-state index contributed by atoms with van der Waals surface area (Å²) in [5.41, 5.74) is -4.07. The van der Waals surface area contributed by atoms with E-state index in [0.29, 0.717) is 49.8 Å². The predicted octanol–water partition coefficient (Wildman–Crippen LogP) is -0.343. The summed E-state index contributed by atoms with van der Waals surface area (Å²) in [4.78, 5) is 70.9. The minimum Gasteiger partial charge on any atom is -0.497 e. The van der Waals surface area contributed by atoms with Crippen molar-refractivity contribution >= 4 is 36.2 Å². The Balaban J connectivity index is 0.894. The van der Waals surface area contributed by atoms with Crippen molar-refractivity contribution in [3.8, 4) is 5.75 Å². The number of aliphatic hydroxyl groups excluding tert-OH is 12. The van der Waals surface area contributed by atoms with Crippen LogP contribution in [-0.4, -0.2) is 279 Å². The normalized spacial score (nSPS) is 48.1. The van der Waals surface area contributed by atoms with Gasteiger partial charge in [-0.25, -0.2) is 9.59 Å². The molecule has 31 heteroatoms. The molecule has 5 heterocycles. The number of aliphatic hydroxyl groups is 12. The van der Waals surface area contributed by atoms with Crippen molar-refractivity contribution in [1.82, 2.24) is 0 Å². The summed E-state index contributed by atoms with van der Waals surface area (Å²) < 4.78 is 84.4. The Morgan fingerprint density at radius 1 is 0.602 bits per heavy atom. The van der Waals surface area contributed by atoms with E-state index in [1.807, 2.05) is 0 Å². The van der Waals surface area contributed by atoms with E-state index in [9.17, 15) is 80.5 Å². The molecule has 31 nitrogen and oxygen atoms in total. The van der Waals surface area contributed by atoms with Gasteiger partial charge in [0.2, 0.25) is 6.29 Å². The Labute approximate surface area is 596 Å². The van der Waals surface area contributed by atoms with E-state index >= 15 is 4.79 Å². The number of ether oxygens (including phenoxy) is 14. The SMILES string of the molecule is COC(=O)[C@H]1O[C@@H](O[C@@H]2CC[C@@]3(C)[C@H](CC[C@@]4(C)[C@@H]3CC=C3[C@@H]5CC(C)(C)CC[C@@]5(C(=O)O[C@@H]5O[C@H](C)[C@@H](OC(=O)C=Cc6ccc(OC)cc6)[C@H](OC(C)=O)[C@@H]5O[C@@H]5O[C@H](C)[C@@H](O)[C@@H](O)[C@H]5O)[C@H](O)C[C@]34C)[C@]2(C)C=O)[C@H](O[C@H]2O[C@@H](CO)[C@H](O)[C@@H](O)[C@@H]2O)[C@@H](O[C@@H]2OC[C@H](O)[C@H](O)[C@H]2O)[C@H]1O. The van der Waals surface area contributed by atoms with Crippen molar-refractivity contribution < 1.29 is 152 Å². The van der Waals surface area contributed by atoms with E-state index in [2.05, 4.69) is 40.7 Å². The van der Waals surface area contributed by atoms with Gasteiger partial charge in [0.05, 0.1) is 57.3 Å². The molecule has 103 heavy (non-hydrogen) atoms. The van der Waals surface area contributed by atoms with Crippen LogP contribution < -0.4 is 4.74 Å². The predicted molar refractivity (Wildman–Crippen MR) is 349 cm³/mol. The molecule has 0 spiro atoms. The molecule has 12 N–H and O–H groups in total. The molecule has 1 aromatic carbocycles. The maximum atomic E-state index is 16.0. The molecule has 11 rings (SSSR count). The molecule has 5 aliphatic carbocycles. The van der Waals surface area contributed by atoms with Crippen LogP contribution in [-0.2, 0) is 85.6 Å². The second-order valence-corrected chi connectivity index (χ2v) is 31.7. The number of fused-ring (bicyclic) bond motifs is 7. The lowest BCUT2D eigenvalue weighted by Gasteiger charge is -2.71. The van der Waals surface area contributed by atoms with Crippen LogP contribution in [0.5, 0.6) is 5.75 Å². The van der Waals surface area contributed by atoms with Gasteiger partial charge in [0.1, 0.15) is 96.8 Å². The van der Waals surface area contributed by atoms with Gasteiger partial charge in [-0.2, -0.15) is 0 Å². The minimum atomic E-state index is -2.09. The number of hydrogen-bond donors (Lipinski definition) is 12. The third-order valence-electron chi connectivity index (χ3n) is 25.2. The Bertz CT molecular complexity index is 3260. The van der Waals surface area contributed by atoms with E-state index in [-0.39, 0.29) is 25.2 Å². The molecule has 1 aromatic rings. The third-order valence-corrected chi connectivity index (χ3v) is 25.2. The average molecular weight is 1470 g/mol. The number of carbonyl (C=O) groups is 5. The topological polar surface area (TPSA) is 457 Å². The molecule has 0 aromatic heterocycles. The van der Waals surface area contributed by atoms with Crippen LogP contribution in [0.2, 0.25) is 0 Å². The lowest BCUT2D eigenvalue weighted by Crippen LogP contribution is -2.69. The summed E-state index contributed by atoms with van der Waals surface area (Å²) in [7, 11) is 2.53. The number of rotatable bonds is 18. The Morgan fingerprint density at radius 2 is 1.23 bits per heavy atom. The van der Waals surface area contributed by atoms with E-state index < -0.39 is 241 Å². The van der Waals surface area contributed by atoms with Gasteiger partial charge >= 0.3 is 23.9 Å². The maximum Gasteiger partial charge on any atom is 0.337 e. The average Bonchev–Trinajstić information content (AvgIpc) is 0.671. The number of allylic oxidation sites excluding steroid dienone is 2. The quantitative estimate of drug-likeness (QED) is 0.0223. The summed E-state index contributed by atoms with van der Waals surface area (Å²) in [6, 6.07) is 6.80. The fourth-order valence-corrected chi connectivity index (χ4v) is 19.1. The zero-order chi connectivity index (χ0) is 75.1. The molecule has 0 amide bonds. The summed E-state index contributed by atoms with van der Waals surface area (Å²) in [6.07, 6.45) is -36.3. The lowest BCUT2D eigenvalue weighted by atomic mass is 9.33. The summed E-state index contributed by atoms with van der Waals surface area (Å²) in [6.45, 7) is 15.0. The van der Waals surface area contributed by atoms with Crippen molar-refractivity contribution in [3.63, 3.8) is 0 Å². The van der Waals surface area contributed by atoms with E-state index in [1.54, 1.807) is 31.2 Å². The van der Waals surface area contributed by atoms with Crippen LogP contribution in [0.4, 0.5) is 0 Å². The molecule has 0 unspecified atom stereocenters. The van der Waals surface area contributed by atoms with Crippen LogP contribution in [0.3, 0.4) is 0 Å². The first kappa shape index (κ1) is 79.3. The van der Waals surface area contributed by atoms with E-state index in [4.69, 9.17) is 66.3 Å². The van der Waals surface area contributed by atoms with Crippen molar-refractivity contribution in [3.05, 3.63) is 47.6 Å².